The third-order valence-electron chi connectivity index (χ3n) is 2.83. The van der Waals surface area contributed by atoms with Crippen molar-refractivity contribution in [2.75, 3.05) is 24.6 Å². The molecule has 1 aliphatic heterocycles. The lowest BCUT2D eigenvalue weighted by molar-refractivity contribution is 0.461. The molecule has 0 fully saturated rings. The van der Waals surface area contributed by atoms with Crippen LogP contribution in [0.3, 0.4) is 0 Å². The molecule has 0 spiro atoms. The molecule has 1 aromatic carbocycles. The maximum atomic E-state index is 12.4. The first-order chi connectivity index (χ1) is 8.60. The van der Waals surface area contributed by atoms with Crippen molar-refractivity contribution in [1.82, 2.24) is 4.31 Å². The van der Waals surface area contributed by atoms with Gasteiger partial charge in [0, 0.05) is 24.6 Å². The molecule has 3 nitrogen and oxygen atoms in total. The molecule has 98 valence electrons. The highest BCUT2D eigenvalue weighted by molar-refractivity contribution is 7.99. The first-order valence-corrected chi connectivity index (χ1v) is 8.50. The minimum Gasteiger partial charge on any atom is -0.207 e. The highest BCUT2D eigenvalue weighted by atomic mass is 32.2. The summed E-state index contributed by atoms with van der Waals surface area (Å²) in [5.74, 6) is 1.81. The van der Waals surface area contributed by atoms with E-state index in [0.717, 1.165) is 17.1 Å². The Hall–Kier alpha value is -0.780. The van der Waals surface area contributed by atoms with Gasteiger partial charge in [-0.05, 0) is 19.1 Å². The average molecular weight is 283 g/mol. The summed E-state index contributed by atoms with van der Waals surface area (Å²) in [5, 5.41) is 0. The van der Waals surface area contributed by atoms with Gasteiger partial charge < -0.3 is 0 Å². The summed E-state index contributed by atoms with van der Waals surface area (Å²) >= 11 is 1.75. The second-order valence-electron chi connectivity index (χ2n) is 4.22. The lowest BCUT2D eigenvalue weighted by atomic mass is 10.2. The standard InChI is InChI=1S/C13H17NO2S2/c1-12-4-6-13(7-5-12)18(15,16)14-8-2-3-10-17-11-9-14/h2-7H,8-11H2,1H3/b3-2-. The van der Waals surface area contributed by atoms with Crippen molar-refractivity contribution in [2.24, 2.45) is 0 Å². The Kier molecular flexibility index (Phi) is 4.48. The number of thioether (sulfide) groups is 1. The van der Waals surface area contributed by atoms with Crippen LogP contribution in [0.4, 0.5) is 0 Å². The van der Waals surface area contributed by atoms with E-state index in [-0.39, 0.29) is 0 Å². The smallest absolute Gasteiger partial charge is 0.207 e. The molecule has 0 radical (unpaired) electrons. The Morgan fingerprint density at radius 2 is 1.89 bits per heavy atom. The molecule has 0 amide bonds. The molecule has 0 atom stereocenters. The first kappa shape index (κ1) is 13.6. The van der Waals surface area contributed by atoms with Gasteiger partial charge in [0.15, 0.2) is 0 Å². The second-order valence-corrected chi connectivity index (χ2v) is 7.31. The van der Waals surface area contributed by atoms with E-state index in [4.69, 9.17) is 0 Å². The SMILES string of the molecule is Cc1ccc(S(=O)(=O)N2C/C=C\CSCC2)cc1. The molecule has 0 aliphatic carbocycles. The number of aryl methyl sites for hydroxylation is 1. The van der Waals surface area contributed by atoms with Crippen LogP contribution >= 0.6 is 11.8 Å². The Morgan fingerprint density at radius 1 is 1.17 bits per heavy atom. The minimum absolute atomic E-state index is 0.382. The molecule has 0 saturated carbocycles. The molecular formula is C13H17NO2S2. The molecule has 2 rings (SSSR count). The van der Waals surface area contributed by atoms with Crippen molar-refractivity contribution >= 4 is 21.8 Å². The van der Waals surface area contributed by atoms with Crippen LogP contribution in [0.5, 0.6) is 0 Å². The van der Waals surface area contributed by atoms with Gasteiger partial charge in [-0.25, -0.2) is 8.42 Å². The van der Waals surface area contributed by atoms with Crippen molar-refractivity contribution in [3.63, 3.8) is 0 Å². The minimum atomic E-state index is -3.35. The molecule has 5 heteroatoms. The Morgan fingerprint density at radius 3 is 2.61 bits per heavy atom. The van der Waals surface area contributed by atoms with Gasteiger partial charge in [-0.15, -0.1) is 0 Å². The maximum Gasteiger partial charge on any atom is 0.243 e. The zero-order valence-corrected chi connectivity index (χ0v) is 12.0. The predicted octanol–water partition coefficient (Wildman–Crippen LogP) is 2.29. The van der Waals surface area contributed by atoms with Crippen LogP contribution in [-0.2, 0) is 10.0 Å². The summed E-state index contributed by atoms with van der Waals surface area (Å²) in [6.45, 7) is 2.99. The van der Waals surface area contributed by atoms with Crippen molar-refractivity contribution in [3.05, 3.63) is 42.0 Å². The van der Waals surface area contributed by atoms with Gasteiger partial charge in [-0.2, -0.15) is 16.1 Å². The van der Waals surface area contributed by atoms with Gasteiger partial charge >= 0.3 is 0 Å². The zero-order valence-electron chi connectivity index (χ0n) is 10.4. The Labute approximate surface area is 113 Å². The molecule has 1 aliphatic rings. The zero-order chi connectivity index (χ0) is 13.0. The normalized spacial score (nSPS) is 20.1. The summed E-state index contributed by atoms with van der Waals surface area (Å²) in [5.41, 5.74) is 1.07. The van der Waals surface area contributed by atoms with E-state index in [1.54, 1.807) is 28.2 Å². The first-order valence-electron chi connectivity index (χ1n) is 5.90. The molecule has 0 bridgehead atoms. The predicted molar refractivity (Wildman–Crippen MR) is 76.4 cm³/mol. The maximum absolute atomic E-state index is 12.4. The summed E-state index contributed by atoms with van der Waals surface area (Å²) in [7, 11) is -3.35. The summed E-state index contributed by atoms with van der Waals surface area (Å²) in [4.78, 5) is 0.382. The molecule has 1 heterocycles. The van der Waals surface area contributed by atoms with Gasteiger partial charge in [-0.1, -0.05) is 29.8 Å². The Bertz CT molecular complexity index is 520. The van der Waals surface area contributed by atoms with E-state index >= 15 is 0 Å². The van der Waals surface area contributed by atoms with Gasteiger partial charge in [0.1, 0.15) is 0 Å². The lowest BCUT2D eigenvalue weighted by Crippen LogP contribution is -2.33. The average Bonchev–Trinajstić information content (AvgIpc) is 2.28. The highest BCUT2D eigenvalue weighted by Crippen LogP contribution is 2.18. The number of rotatable bonds is 2. The Balaban J connectivity index is 2.26. The third kappa shape index (κ3) is 3.16. The van der Waals surface area contributed by atoms with Gasteiger partial charge in [0.05, 0.1) is 4.90 Å². The topological polar surface area (TPSA) is 37.4 Å². The monoisotopic (exact) mass is 283 g/mol. The number of benzene rings is 1. The number of hydrogen-bond donors (Lipinski definition) is 0. The van der Waals surface area contributed by atoms with Crippen LogP contribution < -0.4 is 0 Å². The molecular weight excluding hydrogens is 266 g/mol. The molecule has 18 heavy (non-hydrogen) atoms. The van der Waals surface area contributed by atoms with E-state index in [9.17, 15) is 8.42 Å². The van der Waals surface area contributed by atoms with E-state index < -0.39 is 10.0 Å². The second kappa shape index (κ2) is 5.91. The van der Waals surface area contributed by atoms with E-state index in [0.29, 0.717) is 18.0 Å². The molecule has 0 unspecified atom stereocenters. The quantitative estimate of drug-likeness (QED) is 0.782. The molecule has 0 N–H and O–H groups in total. The fourth-order valence-corrected chi connectivity index (χ4v) is 4.04. The summed E-state index contributed by atoms with van der Waals surface area (Å²) in [6, 6.07) is 7.03. The molecule has 1 aromatic rings. The van der Waals surface area contributed by atoms with Crippen LogP contribution in [0.25, 0.3) is 0 Å². The largest absolute Gasteiger partial charge is 0.243 e. The van der Waals surface area contributed by atoms with Crippen molar-refractivity contribution in [1.29, 1.82) is 0 Å². The van der Waals surface area contributed by atoms with Crippen LogP contribution in [0.15, 0.2) is 41.3 Å². The lowest BCUT2D eigenvalue weighted by Gasteiger charge is -2.21. The third-order valence-corrected chi connectivity index (χ3v) is 5.61. The fourth-order valence-electron chi connectivity index (χ4n) is 1.75. The van der Waals surface area contributed by atoms with Gasteiger partial charge in [0.2, 0.25) is 10.0 Å². The van der Waals surface area contributed by atoms with E-state index in [1.165, 1.54) is 0 Å². The van der Waals surface area contributed by atoms with Crippen LogP contribution in [0, 0.1) is 6.92 Å². The van der Waals surface area contributed by atoms with Gasteiger partial charge in [-0.3, -0.25) is 0 Å². The van der Waals surface area contributed by atoms with E-state index in [1.807, 2.05) is 31.2 Å². The highest BCUT2D eigenvalue weighted by Gasteiger charge is 2.23. The van der Waals surface area contributed by atoms with Crippen LogP contribution in [0.1, 0.15) is 5.56 Å². The molecule has 0 saturated heterocycles. The summed E-state index contributed by atoms with van der Waals surface area (Å²) < 4.78 is 26.4. The van der Waals surface area contributed by atoms with Crippen molar-refractivity contribution in [3.8, 4) is 0 Å². The number of sulfonamides is 1. The van der Waals surface area contributed by atoms with Crippen molar-refractivity contribution in [2.45, 2.75) is 11.8 Å². The van der Waals surface area contributed by atoms with Crippen LogP contribution in [-0.4, -0.2) is 37.3 Å². The molecule has 0 aromatic heterocycles. The number of nitrogens with zero attached hydrogens (tertiary/aromatic N) is 1. The van der Waals surface area contributed by atoms with Crippen molar-refractivity contribution < 1.29 is 8.42 Å². The summed E-state index contributed by atoms with van der Waals surface area (Å²) in [6.07, 6.45) is 3.96. The van der Waals surface area contributed by atoms with Gasteiger partial charge in [0.25, 0.3) is 0 Å². The fraction of sp³-hybridized carbons (Fsp3) is 0.385. The van der Waals surface area contributed by atoms with E-state index in [2.05, 4.69) is 0 Å². The van der Waals surface area contributed by atoms with Crippen LogP contribution in [0.2, 0.25) is 0 Å². The number of hydrogen-bond acceptors (Lipinski definition) is 3.